The average molecular weight is 303 g/mol. The lowest BCUT2D eigenvalue weighted by Gasteiger charge is -2.16. The monoisotopic (exact) mass is 303 g/mol. The Balaban J connectivity index is 1.83. The van der Waals surface area contributed by atoms with Crippen LogP contribution in [0.25, 0.3) is 0 Å². The minimum Gasteiger partial charge on any atom is -0.354 e. The highest BCUT2D eigenvalue weighted by Gasteiger charge is 2.56. The molecule has 2 N–H and O–H groups in total. The zero-order valence-electron chi connectivity index (χ0n) is 13.6. The van der Waals surface area contributed by atoms with Gasteiger partial charge in [-0.15, -0.1) is 0 Å². The van der Waals surface area contributed by atoms with Crippen molar-refractivity contribution in [1.82, 2.24) is 15.5 Å². The predicted octanol–water partition coefficient (Wildman–Crippen LogP) is 1.07. The minimum absolute atomic E-state index is 0.143. The van der Waals surface area contributed by atoms with E-state index in [1.54, 1.807) is 0 Å². The van der Waals surface area contributed by atoms with Crippen molar-refractivity contribution in [2.24, 2.45) is 5.41 Å². The number of likely N-dealkylation sites (N-methyl/N-ethyl adjacent to an activating group) is 1. The van der Waals surface area contributed by atoms with Gasteiger partial charge in [-0.2, -0.15) is 0 Å². The second-order valence-electron chi connectivity index (χ2n) is 6.31. The van der Waals surface area contributed by atoms with Gasteiger partial charge < -0.3 is 15.5 Å². The molecule has 0 heterocycles. The molecule has 2 rings (SSSR count). The second kappa shape index (κ2) is 6.92. The van der Waals surface area contributed by atoms with Gasteiger partial charge in [0.05, 0.1) is 0 Å². The Labute approximate surface area is 132 Å². The molecule has 1 aliphatic carbocycles. The summed E-state index contributed by atoms with van der Waals surface area (Å²) in [4.78, 5) is 26.5. The Kier molecular flexibility index (Phi) is 5.19. The Hall–Kier alpha value is -1.88. The summed E-state index contributed by atoms with van der Waals surface area (Å²) in [6.07, 6.45) is 1.28. The molecule has 1 aromatic rings. The highest BCUT2D eigenvalue weighted by atomic mass is 16.2. The first-order chi connectivity index (χ1) is 10.4. The van der Waals surface area contributed by atoms with Crippen molar-refractivity contribution in [3.63, 3.8) is 0 Å². The maximum atomic E-state index is 12.3. The summed E-state index contributed by atoms with van der Waals surface area (Å²) in [5.74, 6) is -0.300. The van der Waals surface area contributed by atoms with E-state index in [-0.39, 0.29) is 11.8 Å². The third-order valence-electron chi connectivity index (χ3n) is 4.04. The van der Waals surface area contributed by atoms with Crippen molar-refractivity contribution in [3.8, 4) is 0 Å². The first-order valence-corrected chi connectivity index (χ1v) is 7.71. The van der Waals surface area contributed by atoms with Crippen LogP contribution in [0.15, 0.2) is 24.3 Å². The van der Waals surface area contributed by atoms with E-state index in [9.17, 15) is 9.59 Å². The molecule has 1 aromatic carbocycles. The number of carbonyl (C=O) groups excluding carboxylic acids is 2. The topological polar surface area (TPSA) is 61.4 Å². The van der Waals surface area contributed by atoms with Crippen molar-refractivity contribution in [2.45, 2.75) is 26.3 Å². The molecule has 22 heavy (non-hydrogen) atoms. The quantitative estimate of drug-likeness (QED) is 0.741. The molecule has 0 aromatic heterocycles. The van der Waals surface area contributed by atoms with Gasteiger partial charge in [0, 0.05) is 19.6 Å². The van der Waals surface area contributed by atoms with Crippen LogP contribution in [-0.2, 0) is 16.1 Å². The number of carbonyl (C=O) groups is 2. The molecule has 0 bridgehead atoms. The van der Waals surface area contributed by atoms with E-state index in [1.807, 2.05) is 50.2 Å². The molecular formula is C17H25N3O2. The summed E-state index contributed by atoms with van der Waals surface area (Å²) in [5, 5.41) is 5.75. The van der Waals surface area contributed by atoms with Crippen LogP contribution in [-0.4, -0.2) is 43.9 Å². The first-order valence-electron chi connectivity index (χ1n) is 7.71. The fourth-order valence-electron chi connectivity index (χ4n) is 2.30. The number of nitrogens with one attached hydrogen (secondary N) is 2. The lowest BCUT2D eigenvalue weighted by Crippen LogP contribution is -2.44. The summed E-state index contributed by atoms with van der Waals surface area (Å²) in [6, 6.07) is 8.02. The zero-order valence-corrected chi connectivity index (χ0v) is 13.6. The van der Waals surface area contributed by atoms with Gasteiger partial charge in [-0.25, -0.2) is 0 Å². The minimum atomic E-state index is -0.836. The summed E-state index contributed by atoms with van der Waals surface area (Å²) >= 11 is 0. The average Bonchev–Trinajstić information content (AvgIpc) is 3.27. The van der Waals surface area contributed by atoms with Gasteiger partial charge >= 0.3 is 0 Å². The van der Waals surface area contributed by atoms with Gasteiger partial charge in [-0.05, 0) is 39.4 Å². The van der Waals surface area contributed by atoms with Gasteiger partial charge in [-0.3, -0.25) is 9.59 Å². The van der Waals surface area contributed by atoms with Crippen LogP contribution in [0, 0.1) is 12.3 Å². The lowest BCUT2D eigenvalue weighted by molar-refractivity contribution is -0.137. The lowest BCUT2D eigenvalue weighted by atomic mass is 10.0. The van der Waals surface area contributed by atoms with Gasteiger partial charge in [0.1, 0.15) is 5.41 Å². The SMILES string of the molecule is Cc1ccc(CNC(=O)C2(C(=O)NCCN(C)C)CC2)cc1. The first kappa shape index (κ1) is 16.5. The Morgan fingerprint density at radius 2 is 1.68 bits per heavy atom. The largest absolute Gasteiger partial charge is 0.354 e. The summed E-state index contributed by atoms with van der Waals surface area (Å²) in [7, 11) is 3.90. The number of benzene rings is 1. The van der Waals surface area contributed by atoms with Gasteiger partial charge in [0.2, 0.25) is 11.8 Å². The Bertz CT molecular complexity index is 533. The van der Waals surface area contributed by atoms with E-state index in [1.165, 1.54) is 5.56 Å². The molecule has 1 saturated carbocycles. The molecular weight excluding hydrogens is 278 g/mol. The van der Waals surface area contributed by atoms with Crippen molar-refractivity contribution >= 4 is 11.8 Å². The number of amides is 2. The van der Waals surface area contributed by atoms with E-state index < -0.39 is 5.41 Å². The highest BCUT2D eigenvalue weighted by Crippen LogP contribution is 2.46. The number of aryl methyl sites for hydroxylation is 1. The zero-order chi connectivity index (χ0) is 16.2. The third kappa shape index (κ3) is 4.07. The van der Waals surface area contributed by atoms with Crippen LogP contribution in [0.5, 0.6) is 0 Å². The molecule has 1 fully saturated rings. The molecule has 0 aliphatic heterocycles. The number of hydrogen-bond acceptors (Lipinski definition) is 3. The number of rotatable bonds is 7. The molecule has 0 spiro atoms. The Morgan fingerprint density at radius 3 is 2.23 bits per heavy atom. The summed E-state index contributed by atoms with van der Waals surface area (Å²) in [6.45, 7) is 3.83. The molecule has 120 valence electrons. The highest BCUT2D eigenvalue weighted by molar-refractivity contribution is 6.07. The van der Waals surface area contributed by atoms with Gasteiger partial charge in [0.25, 0.3) is 0 Å². The fraction of sp³-hybridized carbons (Fsp3) is 0.529. The van der Waals surface area contributed by atoms with E-state index in [2.05, 4.69) is 10.6 Å². The molecule has 0 unspecified atom stereocenters. The van der Waals surface area contributed by atoms with Crippen LogP contribution < -0.4 is 10.6 Å². The number of nitrogens with zero attached hydrogens (tertiary/aromatic N) is 1. The van der Waals surface area contributed by atoms with Crippen molar-refractivity contribution in [2.75, 3.05) is 27.2 Å². The maximum Gasteiger partial charge on any atom is 0.235 e. The van der Waals surface area contributed by atoms with Crippen LogP contribution in [0.4, 0.5) is 0 Å². The molecule has 0 saturated heterocycles. The van der Waals surface area contributed by atoms with Crippen LogP contribution >= 0.6 is 0 Å². The van der Waals surface area contributed by atoms with Crippen LogP contribution in [0.2, 0.25) is 0 Å². The van der Waals surface area contributed by atoms with Gasteiger partial charge in [0.15, 0.2) is 0 Å². The predicted molar refractivity (Wildman–Crippen MR) is 86.3 cm³/mol. The third-order valence-corrected chi connectivity index (χ3v) is 4.04. The summed E-state index contributed by atoms with van der Waals surface area (Å²) in [5.41, 5.74) is 1.40. The standard InChI is InChI=1S/C17H25N3O2/c1-13-4-6-14(7-5-13)12-19-16(22)17(8-9-17)15(21)18-10-11-20(2)3/h4-7H,8-12H2,1-3H3,(H,18,21)(H,19,22). The molecule has 0 atom stereocenters. The second-order valence-corrected chi connectivity index (χ2v) is 6.31. The van der Waals surface area contributed by atoms with Gasteiger partial charge in [-0.1, -0.05) is 29.8 Å². The van der Waals surface area contributed by atoms with Crippen molar-refractivity contribution < 1.29 is 9.59 Å². The Morgan fingerprint density at radius 1 is 1.09 bits per heavy atom. The van der Waals surface area contributed by atoms with Crippen molar-refractivity contribution in [1.29, 1.82) is 0 Å². The van der Waals surface area contributed by atoms with E-state index in [0.717, 1.165) is 12.1 Å². The molecule has 5 nitrogen and oxygen atoms in total. The van der Waals surface area contributed by atoms with E-state index in [4.69, 9.17) is 0 Å². The smallest absolute Gasteiger partial charge is 0.235 e. The van der Waals surface area contributed by atoms with Crippen LogP contribution in [0.1, 0.15) is 24.0 Å². The number of hydrogen-bond donors (Lipinski definition) is 2. The molecule has 0 radical (unpaired) electrons. The summed E-state index contributed by atoms with van der Waals surface area (Å²) < 4.78 is 0. The van der Waals surface area contributed by atoms with Crippen molar-refractivity contribution in [3.05, 3.63) is 35.4 Å². The van der Waals surface area contributed by atoms with E-state index >= 15 is 0 Å². The molecule has 2 amide bonds. The normalized spacial score (nSPS) is 15.5. The molecule has 5 heteroatoms. The fourth-order valence-corrected chi connectivity index (χ4v) is 2.30. The maximum absolute atomic E-state index is 12.3. The molecule has 1 aliphatic rings. The van der Waals surface area contributed by atoms with Crippen LogP contribution in [0.3, 0.4) is 0 Å². The van der Waals surface area contributed by atoms with E-state index in [0.29, 0.717) is 25.9 Å².